The Bertz CT molecular complexity index is 986. The van der Waals surface area contributed by atoms with Crippen LogP contribution in [0.3, 0.4) is 0 Å². The van der Waals surface area contributed by atoms with Crippen LogP contribution in [-0.4, -0.2) is 14.6 Å². The highest BCUT2D eigenvalue weighted by molar-refractivity contribution is 7.23. The first-order chi connectivity index (χ1) is 10.1. The molecule has 4 nitrogen and oxygen atoms in total. The van der Waals surface area contributed by atoms with Crippen molar-refractivity contribution >= 4 is 32.2 Å². The van der Waals surface area contributed by atoms with Gasteiger partial charge < -0.3 is 5.73 Å². The standard InChI is InChI=1S/C15H11FN4S/c1-8-2-4-10(17)7-11(8)14-18-19-15-20(14)12-5-3-9(16)6-13(12)21-15/h2-7H,17H2,1H3. The molecule has 104 valence electrons. The quantitative estimate of drug-likeness (QED) is 0.546. The summed E-state index contributed by atoms with van der Waals surface area (Å²) >= 11 is 1.42. The Morgan fingerprint density at radius 3 is 2.86 bits per heavy atom. The highest BCUT2D eigenvalue weighted by atomic mass is 32.1. The fourth-order valence-electron chi connectivity index (χ4n) is 2.46. The van der Waals surface area contributed by atoms with Crippen LogP contribution in [0.5, 0.6) is 0 Å². The predicted molar refractivity (Wildman–Crippen MR) is 82.9 cm³/mol. The van der Waals surface area contributed by atoms with Gasteiger partial charge in [-0.25, -0.2) is 4.39 Å². The van der Waals surface area contributed by atoms with Crippen molar-refractivity contribution in [3.63, 3.8) is 0 Å². The lowest BCUT2D eigenvalue weighted by Gasteiger charge is -2.05. The molecule has 21 heavy (non-hydrogen) atoms. The number of halogens is 1. The molecule has 0 aliphatic rings. The monoisotopic (exact) mass is 298 g/mol. The number of thiazole rings is 1. The van der Waals surface area contributed by atoms with E-state index in [4.69, 9.17) is 5.73 Å². The van der Waals surface area contributed by atoms with Gasteiger partial charge in [-0.15, -0.1) is 10.2 Å². The van der Waals surface area contributed by atoms with E-state index in [0.29, 0.717) is 5.69 Å². The molecule has 0 aliphatic carbocycles. The van der Waals surface area contributed by atoms with Gasteiger partial charge in [0.2, 0.25) is 4.96 Å². The SMILES string of the molecule is Cc1ccc(N)cc1-c1nnc2sc3cc(F)ccc3n12. The summed E-state index contributed by atoms with van der Waals surface area (Å²) in [7, 11) is 0. The van der Waals surface area contributed by atoms with Crippen molar-refractivity contribution in [1.29, 1.82) is 0 Å². The Morgan fingerprint density at radius 1 is 1.14 bits per heavy atom. The number of nitrogens with zero attached hydrogens (tertiary/aromatic N) is 3. The lowest BCUT2D eigenvalue weighted by Crippen LogP contribution is -1.93. The van der Waals surface area contributed by atoms with Crippen molar-refractivity contribution in [2.45, 2.75) is 6.92 Å². The second kappa shape index (κ2) is 4.26. The molecule has 0 amide bonds. The van der Waals surface area contributed by atoms with Gasteiger partial charge in [-0.2, -0.15) is 0 Å². The molecular weight excluding hydrogens is 287 g/mol. The lowest BCUT2D eigenvalue weighted by atomic mass is 10.1. The Labute approximate surface area is 123 Å². The maximum atomic E-state index is 13.4. The number of rotatable bonds is 1. The predicted octanol–water partition coefficient (Wildman–Crippen LogP) is 3.64. The average molecular weight is 298 g/mol. The first kappa shape index (κ1) is 12.3. The highest BCUT2D eigenvalue weighted by Crippen LogP contribution is 2.32. The van der Waals surface area contributed by atoms with E-state index in [-0.39, 0.29) is 5.82 Å². The summed E-state index contributed by atoms with van der Waals surface area (Å²) in [5.74, 6) is 0.481. The van der Waals surface area contributed by atoms with Crippen LogP contribution in [0, 0.1) is 12.7 Å². The Kier molecular flexibility index (Phi) is 2.49. The van der Waals surface area contributed by atoms with E-state index in [0.717, 1.165) is 32.1 Å². The number of hydrogen-bond acceptors (Lipinski definition) is 4. The Morgan fingerprint density at radius 2 is 2.00 bits per heavy atom. The summed E-state index contributed by atoms with van der Waals surface area (Å²) in [5, 5.41) is 8.48. The molecule has 0 radical (unpaired) electrons. The zero-order valence-corrected chi connectivity index (χ0v) is 12.0. The molecule has 0 saturated carbocycles. The van der Waals surface area contributed by atoms with Crippen molar-refractivity contribution in [3.05, 3.63) is 47.8 Å². The van der Waals surface area contributed by atoms with Gasteiger partial charge in [0.15, 0.2) is 5.82 Å². The molecule has 0 spiro atoms. The molecule has 0 aliphatic heterocycles. The van der Waals surface area contributed by atoms with Crippen LogP contribution in [-0.2, 0) is 0 Å². The van der Waals surface area contributed by atoms with Gasteiger partial charge in [-0.1, -0.05) is 17.4 Å². The molecule has 2 N–H and O–H groups in total. The van der Waals surface area contributed by atoms with Crippen LogP contribution in [0.4, 0.5) is 10.1 Å². The number of nitrogens with two attached hydrogens (primary N) is 1. The van der Waals surface area contributed by atoms with E-state index >= 15 is 0 Å². The fourth-order valence-corrected chi connectivity index (χ4v) is 3.45. The molecule has 0 saturated heterocycles. The molecule has 4 aromatic rings. The van der Waals surface area contributed by atoms with Gasteiger partial charge in [0.25, 0.3) is 0 Å². The Hall–Kier alpha value is -2.47. The minimum atomic E-state index is -0.248. The van der Waals surface area contributed by atoms with E-state index < -0.39 is 0 Å². The smallest absolute Gasteiger partial charge is 0.217 e. The summed E-state index contributed by atoms with van der Waals surface area (Å²) in [5.41, 5.74) is 9.47. The first-order valence-electron chi connectivity index (χ1n) is 6.43. The van der Waals surface area contributed by atoms with E-state index in [1.807, 2.05) is 29.5 Å². The van der Waals surface area contributed by atoms with Gasteiger partial charge in [0.05, 0.1) is 10.2 Å². The summed E-state index contributed by atoms with van der Waals surface area (Å²) in [6.07, 6.45) is 0. The number of aromatic nitrogens is 3. The summed E-state index contributed by atoms with van der Waals surface area (Å²) in [6, 6.07) is 10.4. The molecule has 0 unspecified atom stereocenters. The molecule has 6 heteroatoms. The van der Waals surface area contributed by atoms with Crippen LogP contribution in [0.2, 0.25) is 0 Å². The third-order valence-electron chi connectivity index (χ3n) is 3.50. The number of nitrogen functional groups attached to an aromatic ring is 1. The number of aryl methyl sites for hydroxylation is 1. The summed E-state index contributed by atoms with van der Waals surface area (Å²) in [6.45, 7) is 2.00. The van der Waals surface area contributed by atoms with Crippen molar-refractivity contribution in [3.8, 4) is 11.4 Å². The topological polar surface area (TPSA) is 56.2 Å². The van der Waals surface area contributed by atoms with Gasteiger partial charge in [-0.3, -0.25) is 4.40 Å². The van der Waals surface area contributed by atoms with E-state index in [9.17, 15) is 4.39 Å². The normalized spacial score (nSPS) is 11.5. The summed E-state index contributed by atoms with van der Waals surface area (Å²) in [4.78, 5) is 0.743. The number of hydrogen-bond donors (Lipinski definition) is 1. The zero-order valence-electron chi connectivity index (χ0n) is 11.2. The summed E-state index contributed by atoms with van der Waals surface area (Å²) < 4.78 is 16.2. The molecule has 2 aromatic carbocycles. The van der Waals surface area contributed by atoms with Gasteiger partial charge >= 0.3 is 0 Å². The second-order valence-electron chi connectivity index (χ2n) is 4.93. The third kappa shape index (κ3) is 1.80. The largest absolute Gasteiger partial charge is 0.399 e. The lowest BCUT2D eigenvalue weighted by molar-refractivity contribution is 0.630. The van der Waals surface area contributed by atoms with Crippen LogP contribution in [0.25, 0.3) is 26.6 Å². The van der Waals surface area contributed by atoms with Crippen LogP contribution in [0.1, 0.15) is 5.56 Å². The van der Waals surface area contributed by atoms with E-state index in [1.165, 1.54) is 23.5 Å². The van der Waals surface area contributed by atoms with E-state index in [2.05, 4.69) is 10.2 Å². The maximum absolute atomic E-state index is 13.4. The van der Waals surface area contributed by atoms with Crippen LogP contribution in [0.15, 0.2) is 36.4 Å². The highest BCUT2D eigenvalue weighted by Gasteiger charge is 2.16. The minimum Gasteiger partial charge on any atom is -0.399 e. The van der Waals surface area contributed by atoms with Crippen molar-refractivity contribution in [2.75, 3.05) is 5.73 Å². The molecule has 0 bridgehead atoms. The number of fused-ring (bicyclic) bond motifs is 3. The molecule has 0 fully saturated rings. The van der Waals surface area contributed by atoms with Gasteiger partial charge in [0, 0.05) is 11.3 Å². The van der Waals surface area contributed by atoms with Crippen molar-refractivity contribution in [1.82, 2.24) is 14.6 Å². The maximum Gasteiger partial charge on any atom is 0.217 e. The second-order valence-corrected chi connectivity index (χ2v) is 5.94. The minimum absolute atomic E-state index is 0.248. The third-order valence-corrected chi connectivity index (χ3v) is 4.49. The molecular formula is C15H11FN4S. The average Bonchev–Trinajstić information content (AvgIpc) is 2.99. The van der Waals surface area contributed by atoms with Gasteiger partial charge in [-0.05, 0) is 42.8 Å². The van der Waals surface area contributed by atoms with Gasteiger partial charge in [0.1, 0.15) is 5.82 Å². The first-order valence-corrected chi connectivity index (χ1v) is 7.25. The van der Waals surface area contributed by atoms with Crippen LogP contribution < -0.4 is 5.73 Å². The van der Waals surface area contributed by atoms with Crippen molar-refractivity contribution in [2.24, 2.45) is 0 Å². The zero-order chi connectivity index (χ0) is 14.6. The molecule has 2 heterocycles. The molecule has 0 atom stereocenters. The molecule has 2 aromatic heterocycles. The van der Waals surface area contributed by atoms with Crippen molar-refractivity contribution < 1.29 is 4.39 Å². The number of anilines is 1. The Balaban J connectivity index is 2.09. The number of benzene rings is 2. The molecule has 4 rings (SSSR count). The van der Waals surface area contributed by atoms with E-state index in [1.54, 1.807) is 6.07 Å². The fraction of sp³-hybridized carbons (Fsp3) is 0.0667. The van der Waals surface area contributed by atoms with Crippen LogP contribution >= 0.6 is 11.3 Å².